The van der Waals surface area contributed by atoms with Crippen LogP contribution in [0.4, 0.5) is 0 Å². The maximum absolute atomic E-state index is 5.48. The molecule has 0 radical (unpaired) electrons. The predicted octanol–water partition coefficient (Wildman–Crippen LogP) is 4.08. The molecule has 3 aliphatic rings. The summed E-state index contributed by atoms with van der Waals surface area (Å²) in [6, 6.07) is 16.0. The molecule has 2 atom stereocenters. The minimum absolute atomic E-state index is 0.644. The molecule has 132 valence electrons. The highest BCUT2D eigenvalue weighted by Gasteiger charge is 2.31. The molecule has 25 heavy (non-hydrogen) atoms. The van der Waals surface area contributed by atoms with Crippen LogP contribution < -0.4 is 9.47 Å². The van der Waals surface area contributed by atoms with E-state index in [-0.39, 0.29) is 0 Å². The number of rotatable bonds is 4. The smallest absolute Gasteiger partial charge is 0.161 e. The van der Waals surface area contributed by atoms with E-state index < -0.39 is 0 Å². The zero-order valence-electron chi connectivity index (χ0n) is 15.2. The van der Waals surface area contributed by atoms with Crippen molar-refractivity contribution in [2.75, 3.05) is 20.8 Å². The molecule has 2 aromatic carbocycles. The van der Waals surface area contributed by atoms with Crippen molar-refractivity contribution >= 4 is 0 Å². The monoisotopic (exact) mass is 337 g/mol. The first kappa shape index (κ1) is 16.5. The van der Waals surface area contributed by atoms with E-state index in [1.165, 1.54) is 37.8 Å². The van der Waals surface area contributed by atoms with Gasteiger partial charge in [-0.3, -0.25) is 4.90 Å². The zero-order valence-corrected chi connectivity index (χ0v) is 15.2. The lowest BCUT2D eigenvalue weighted by Crippen LogP contribution is -2.46. The molecule has 1 fully saturated rings. The molecule has 0 aromatic heterocycles. The maximum Gasteiger partial charge on any atom is 0.161 e. The number of ether oxygens (including phenoxy) is 2. The maximum atomic E-state index is 5.48. The highest BCUT2D eigenvalue weighted by molar-refractivity contribution is 5.43. The van der Waals surface area contributed by atoms with Gasteiger partial charge >= 0.3 is 0 Å². The summed E-state index contributed by atoms with van der Waals surface area (Å²) in [4.78, 5) is 2.69. The average Bonchev–Trinajstić information content (AvgIpc) is 2.62. The molecule has 0 saturated carbocycles. The Balaban J connectivity index is 1.56. The van der Waals surface area contributed by atoms with Crippen LogP contribution >= 0.6 is 0 Å². The van der Waals surface area contributed by atoms with Crippen LogP contribution in [-0.2, 0) is 19.4 Å². The van der Waals surface area contributed by atoms with Crippen molar-refractivity contribution in [3.8, 4) is 11.5 Å². The molecule has 1 saturated heterocycles. The quantitative estimate of drug-likeness (QED) is 0.839. The molecular formula is C22H27NO2. The summed E-state index contributed by atoms with van der Waals surface area (Å²) in [6.07, 6.45) is 5.08. The van der Waals surface area contributed by atoms with Gasteiger partial charge in [0.25, 0.3) is 0 Å². The molecule has 1 unspecified atom stereocenters. The highest BCUT2D eigenvalue weighted by Crippen LogP contribution is 2.34. The number of hydrogen-bond acceptors (Lipinski definition) is 3. The van der Waals surface area contributed by atoms with Crippen LogP contribution in [0.2, 0.25) is 0 Å². The molecule has 3 heteroatoms. The number of methoxy groups -OCH3 is 2. The summed E-state index contributed by atoms with van der Waals surface area (Å²) in [5.41, 5.74) is 4.43. The molecule has 3 nitrogen and oxygen atoms in total. The Kier molecular flexibility index (Phi) is 4.67. The van der Waals surface area contributed by atoms with E-state index in [0.717, 1.165) is 24.0 Å². The summed E-state index contributed by atoms with van der Waals surface area (Å²) in [7, 11) is 3.39. The van der Waals surface area contributed by atoms with Gasteiger partial charge in [-0.15, -0.1) is 0 Å². The Bertz CT molecular complexity index is 743. The van der Waals surface area contributed by atoms with Crippen molar-refractivity contribution in [2.24, 2.45) is 5.92 Å². The summed E-state index contributed by atoms with van der Waals surface area (Å²) in [5, 5.41) is 0. The summed E-state index contributed by atoms with van der Waals surface area (Å²) in [6.45, 7) is 2.19. The second-order valence-electron chi connectivity index (χ2n) is 7.39. The van der Waals surface area contributed by atoms with Crippen molar-refractivity contribution in [1.29, 1.82) is 0 Å². The van der Waals surface area contributed by atoms with Gasteiger partial charge in [-0.05, 0) is 60.4 Å². The number of fused-ring (bicyclic) bond motifs is 2. The Morgan fingerprint density at radius 2 is 1.68 bits per heavy atom. The molecule has 2 heterocycles. The van der Waals surface area contributed by atoms with Gasteiger partial charge in [0.1, 0.15) is 0 Å². The van der Waals surface area contributed by atoms with Crippen LogP contribution in [0.3, 0.4) is 0 Å². The van der Waals surface area contributed by atoms with E-state index in [1.807, 2.05) is 6.07 Å². The van der Waals surface area contributed by atoms with Crippen molar-refractivity contribution in [1.82, 2.24) is 4.90 Å². The second kappa shape index (κ2) is 7.09. The number of nitrogens with zero attached hydrogens (tertiary/aromatic N) is 1. The van der Waals surface area contributed by atoms with Gasteiger partial charge in [-0.2, -0.15) is 0 Å². The van der Waals surface area contributed by atoms with Gasteiger partial charge in [0.2, 0.25) is 0 Å². The normalized spacial score (nSPS) is 22.8. The van der Waals surface area contributed by atoms with Crippen molar-refractivity contribution < 1.29 is 9.47 Å². The van der Waals surface area contributed by atoms with Crippen molar-refractivity contribution in [3.63, 3.8) is 0 Å². The van der Waals surface area contributed by atoms with Gasteiger partial charge in [0, 0.05) is 19.1 Å². The van der Waals surface area contributed by atoms with Crippen molar-refractivity contribution in [2.45, 2.75) is 38.3 Å². The minimum atomic E-state index is 0.644. The Morgan fingerprint density at radius 3 is 2.44 bits per heavy atom. The number of benzene rings is 2. The molecular weight excluding hydrogens is 310 g/mol. The molecule has 2 aliphatic heterocycles. The van der Waals surface area contributed by atoms with Crippen LogP contribution in [0.5, 0.6) is 11.5 Å². The zero-order chi connectivity index (χ0) is 17.2. The van der Waals surface area contributed by atoms with E-state index in [9.17, 15) is 0 Å². The van der Waals surface area contributed by atoms with Gasteiger partial charge in [-0.1, -0.05) is 30.3 Å². The lowest BCUT2D eigenvalue weighted by molar-refractivity contribution is 0.0937. The van der Waals surface area contributed by atoms with Gasteiger partial charge in [-0.25, -0.2) is 0 Å². The lowest BCUT2D eigenvalue weighted by atomic mass is 9.80. The third kappa shape index (κ3) is 3.38. The molecule has 1 aliphatic carbocycles. The fourth-order valence-electron chi connectivity index (χ4n) is 4.51. The predicted molar refractivity (Wildman–Crippen MR) is 100 cm³/mol. The first-order valence-corrected chi connectivity index (χ1v) is 9.28. The molecule has 0 spiro atoms. The number of piperidine rings is 1. The summed E-state index contributed by atoms with van der Waals surface area (Å²) >= 11 is 0. The fraction of sp³-hybridized carbons (Fsp3) is 0.455. The van der Waals surface area contributed by atoms with Gasteiger partial charge in [0.05, 0.1) is 14.2 Å². The van der Waals surface area contributed by atoms with Gasteiger partial charge in [0.15, 0.2) is 11.5 Å². The van der Waals surface area contributed by atoms with Crippen LogP contribution in [0, 0.1) is 5.92 Å². The van der Waals surface area contributed by atoms with E-state index >= 15 is 0 Å². The molecule has 2 aromatic rings. The van der Waals surface area contributed by atoms with Crippen LogP contribution in [-0.4, -0.2) is 31.7 Å². The SMILES string of the molecule is COc1ccc(CN2C[C@@H]3CCC2Cc2ccccc2C3)cc1OC. The first-order valence-electron chi connectivity index (χ1n) is 9.28. The van der Waals surface area contributed by atoms with E-state index in [4.69, 9.17) is 9.47 Å². The largest absolute Gasteiger partial charge is 0.493 e. The Labute approximate surface area is 150 Å². The second-order valence-corrected chi connectivity index (χ2v) is 7.39. The van der Waals surface area contributed by atoms with Crippen molar-refractivity contribution in [3.05, 3.63) is 59.2 Å². The lowest BCUT2D eigenvalue weighted by Gasteiger charge is -2.42. The van der Waals surface area contributed by atoms with E-state index in [2.05, 4.69) is 41.3 Å². The average molecular weight is 337 g/mol. The van der Waals surface area contributed by atoms with E-state index in [0.29, 0.717) is 6.04 Å². The minimum Gasteiger partial charge on any atom is -0.493 e. The molecule has 0 N–H and O–H groups in total. The topological polar surface area (TPSA) is 21.7 Å². The first-order chi connectivity index (χ1) is 12.3. The highest BCUT2D eigenvalue weighted by atomic mass is 16.5. The summed E-state index contributed by atoms with van der Waals surface area (Å²) < 4.78 is 10.8. The van der Waals surface area contributed by atoms with Crippen LogP contribution in [0.25, 0.3) is 0 Å². The summed E-state index contributed by atoms with van der Waals surface area (Å²) in [5.74, 6) is 2.40. The van der Waals surface area contributed by atoms with Crippen LogP contribution in [0.1, 0.15) is 29.5 Å². The number of hydrogen-bond donors (Lipinski definition) is 0. The van der Waals surface area contributed by atoms with Crippen LogP contribution in [0.15, 0.2) is 42.5 Å². The fourth-order valence-corrected chi connectivity index (χ4v) is 4.51. The Hall–Kier alpha value is -2.00. The molecule has 5 rings (SSSR count). The van der Waals surface area contributed by atoms with E-state index in [1.54, 1.807) is 25.3 Å². The molecule has 2 bridgehead atoms. The third-order valence-corrected chi connectivity index (χ3v) is 5.83. The Morgan fingerprint density at radius 1 is 0.920 bits per heavy atom. The van der Waals surface area contributed by atoms with Gasteiger partial charge < -0.3 is 9.47 Å². The third-order valence-electron chi connectivity index (χ3n) is 5.83. The molecule has 0 amide bonds. The standard InChI is InChI=1S/C22H27NO2/c1-24-21-10-8-17(12-22(21)25-2)15-23-14-16-7-9-20(23)13-19-6-4-3-5-18(19)11-16/h3-6,8,10,12,16,20H,7,9,11,13-15H2,1-2H3/t16-,20?/m1/s1.